The normalized spacial score (nSPS) is 30.5. The van der Waals surface area contributed by atoms with Gasteiger partial charge in [-0.25, -0.2) is 0 Å². The fourth-order valence-electron chi connectivity index (χ4n) is 2.93. The van der Waals surface area contributed by atoms with Gasteiger partial charge in [-0.15, -0.1) is 0 Å². The van der Waals surface area contributed by atoms with Crippen LogP contribution in [0.2, 0.25) is 0 Å². The molecule has 0 N–H and O–H groups in total. The van der Waals surface area contributed by atoms with Crippen LogP contribution in [0.3, 0.4) is 0 Å². The van der Waals surface area contributed by atoms with Gasteiger partial charge in [-0.2, -0.15) is 0 Å². The Balaban J connectivity index is 1.64. The Morgan fingerprint density at radius 2 is 2.05 bits per heavy atom. The standard InChI is InChI=1S/C17H22O5/c1-16(2)20-11-14(21-16)17(9-8-15(18)22-17)12-19-10-13-6-4-3-5-7-13/h3-7,14H,8-12H2,1-2H3/t14-,17+/m0/s1. The number of rotatable bonds is 5. The summed E-state index contributed by atoms with van der Waals surface area (Å²) in [6, 6.07) is 9.92. The molecule has 5 nitrogen and oxygen atoms in total. The van der Waals surface area contributed by atoms with Crippen LogP contribution in [0.15, 0.2) is 30.3 Å². The van der Waals surface area contributed by atoms with Crippen molar-refractivity contribution < 1.29 is 23.7 Å². The lowest BCUT2D eigenvalue weighted by Gasteiger charge is -2.32. The van der Waals surface area contributed by atoms with E-state index in [4.69, 9.17) is 18.9 Å². The molecular formula is C17H22O5. The minimum atomic E-state index is -0.736. The average Bonchev–Trinajstić information content (AvgIpc) is 3.04. The highest BCUT2D eigenvalue weighted by atomic mass is 16.8. The van der Waals surface area contributed by atoms with E-state index in [9.17, 15) is 4.79 Å². The summed E-state index contributed by atoms with van der Waals surface area (Å²) >= 11 is 0. The number of carbonyl (C=O) groups excluding carboxylic acids is 1. The largest absolute Gasteiger partial charge is 0.454 e. The molecule has 0 aromatic heterocycles. The van der Waals surface area contributed by atoms with Crippen LogP contribution < -0.4 is 0 Å². The topological polar surface area (TPSA) is 54.0 Å². The molecule has 0 saturated carbocycles. The highest BCUT2D eigenvalue weighted by Gasteiger charge is 2.53. The molecule has 0 bridgehead atoms. The fourth-order valence-corrected chi connectivity index (χ4v) is 2.93. The van der Waals surface area contributed by atoms with Gasteiger partial charge in [0.2, 0.25) is 0 Å². The summed E-state index contributed by atoms with van der Waals surface area (Å²) < 4.78 is 22.9. The molecule has 2 saturated heterocycles. The van der Waals surface area contributed by atoms with Crippen molar-refractivity contribution in [2.24, 2.45) is 0 Å². The molecule has 2 heterocycles. The van der Waals surface area contributed by atoms with E-state index in [0.717, 1.165) is 5.56 Å². The molecule has 22 heavy (non-hydrogen) atoms. The van der Waals surface area contributed by atoms with Crippen molar-refractivity contribution in [3.05, 3.63) is 35.9 Å². The summed E-state index contributed by atoms with van der Waals surface area (Å²) in [5.74, 6) is -0.844. The maximum atomic E-state index is 11.6. The lowest BCUT2D eigenvalue weighted by molar-refractivity contribution is -0.192. The molecule has 120 valence electrons. The summed E-state index contributed by atoms with van der Waals surface area (Å²) in [6.45, 7) is 4.94. The van der Waals surface area contributed by atoms with Crippen molar-refractivity contribution in [3.63, 3.8) is 0 Å². The number of ether oxygens (including phenoxy) is 4. The molecule has 3 rings (SSSR count). The zero-order chi connectivity index (χ0) is 15.6. The second kappa shape index (κ2) is 5.99. The minimum absolute atomic E-state index is 0.198. The third kappa shape index (κ3) is 3.32. The first-order chi connectivity index (χ1) is 10.5. The van der Waals surface area contributed by atoms with Crippen LogP contribution in [0.25, 0.3) is 0 Å². The summed E-state index contributed by atoms with van der Waals surface area (Å²) in [5, 5.41) is 0. The SMILES string of the molecule is CC1(C)OC[C@@H]([C@]2(COCc3ccccc3)CCC(=O)O2)O1. The molecule has 0 spiro atoms. The Morgan fingerprint density at radius 3 is 2.64 bits per heavy atom. The Labute approximate surface area is 130 Å². The van der Waals surface area contributed by atoms with E-state index in [1.165, 1.54) is 0 Å². The summed E-state index contributed by atoms with van der Waals surface area (Å²) in [7, 11) is 0. The predicted molar refractivity (Wildman–Crippen MR) is 79.1 cm³/mol. The van der Waals surface area contributed by atoms with E-state index >= 15 is 0 Å². The number of hydrogen-bond acceptors (Lipinski definition) is 5. The molecule has 2 atom stereocenters. The van der Waals surface area contributed by atoms with Crippen molar-refractivity contribution >= 4 is 5.97 Å². The van der Waals surface area contributed by atoms with Crippen molar-refractivity contribution in [2.45, 2.75) is 50.8 Å². The van der Waals surface area contributed by atoms with Crippen molar-refractivity contribution in [1.29, 1.82) is 0 Å². The molecule has 0 amide bonds. The number of carbonyl (C=O) groups is 1. The van der Waals surface area contributed by atoms with Gasteiger partial charge in [0.1, 0.15) is 6.10 Å². The van der Waals surface area contributed by atoms with Crippen LogP contribution in [0.5, 0.6) is 0 Å². The van der Waals surface area contributed by atoms with E-state index in [0.29, 0.717) is 32.7 Å². The van der Waals surface area contributed by atoms with Gasteiger partial charge in [0.05, 0.1) is 19.8 Å². The zero-order valence-corrected chi connectivity index (χ0v) is 13.0. The lowest BCUT2D eigenvalue weighted by Crippen LogP contribution is -2.48. The summed E-state index contributed by atoms with van der Waals surface area (Å²) in [4.78, 5) is 11.6. The molecule has 2 aliphatic heterocycles. The Kier molecular flexibility index (Phi) is 4.21. The average molecular weight is 306 g/mol. The van der Waals surface area contributed by atoms with E-state index in [-0.39, 0.29) is 12.1 Å². The quantitative estimate of drug-likeness (QED) is 0.782. The second-order valence-corrected chi connectivity index (χ2v) is 6.33. The molecule has 1 aromatic carbocycles. The summed E-state index contributed by atoms with van der Waals surface area (Å²) in [6.07, 6.45) is 0.712. The van der Waals surface area contributed by atoms with Gasteiger partial charge in [-0.05, 0) is 19.4 Å². The van der Waals surface area contributed by atoms with Crippen molar-refractivity contribution in [1.82, 2.24) is 0 Å². The van der Waals surface area contributed by atoms with Crippen LogP contribution in [0.4, 0.5) is 0 Å². The lowest BCUT2D eigenvalue weighted by atomic mass is 9.94. The van der Waals surface area contributed by atoms with Gasteiger partial charge in [0.25, 0.3) is 0 Å². The van der Waals surface area contributed by atoms with Crippen molar-refractivity contribution in [3.8, 4) is 0 Å². The maximum absolute atomic E-state index is 11.6. The Bertz CT molecular complexity index is 527. The third-order valence-corrected chi connectivity index (χ3v) is 4.12. The number of cyclic esters (lactones) is 1. The van der Waals surface area contributed by atoms with E-state index in [2.05, 4.69) is 0 Å². The van der Waals surface area contributed by atoms with Crippen LogP contribution >= 0.6 is 0 Å². The van der Waals surface area contributed by atoms with Gasteiger partial charge in [-0.3, -0.25) is 4.79 Å². The summed E-state index contributed by atoms with van der Waals surface area (Å²) in [5.41, 5.74) is 0.352. The second-order valence-electron chi connectivity index (χ2n) is 6.33. The molecule has 2 fully saturated rings. The smallest absolute Gasteiger partial charge is 0.306 e. The zero-order valence-electron chi connectivity index (χ0n) is 13.0. The molecule has 0 unspecified atom stereocenters. The minimum Gasteiger partial charge on any atom is -0.454 e. The van der Waals surface area contributed by atoms with Crippen LogP contribution in [-0.2, 0) is 30.3 Å². The van der Waals surface area contributed by atoms with Gasteiger partial charge in [0, 0.05) is 12.8 Å². The van der Waals surface area contributed by atoms with Crippen LogP contribution in [0, 0.1) is 0 Å². The van der Waals surface area contributed by atoms with Crippen LogP contribution in [0.1, 0.15) is 32.3 Å². The fraction of sp³-hybridized carbons (Fsp3) is 0.588. The molecule has 0 radical (unpaired) electrons. The Hall–Kier alpha value is -1.43. The monoisotopic (exact) mass is 306 g/mol. The van der Waals surface area contributed by atoms with Gasteiger partial charge in [-0.1, -0.05) is 30.3 Å². The molecule has 0 aliphatic carbocycles. The first-order valence-corrected chi connectivity index (χ1v) is 7.64. The number of esters is 1. The Morgan fingerprint density at radius 1 is 1.27 bits per heavy atom. The number of benzene rings is 1. The maximum Gasteiger partial charge on any atom is 0.306 e. The first-order valence-electron chi connectivity index (χ1n) is 7.64. The highest BCUT2D eigenvalue weighted by molar-refractivity contribution is 5.72. The highest BCUT2D eigenvalue weighted by Crippen LogP contribution is 2.38. The molecular weight excluding hydrogens is 284 g/mol. The third-order valence-electron chi connectivity index (χ3n) is 4.12. The van der Waals surface area contributed by atoms with Crippen LogP contribution in [-0.4, -0.2) is 36.7 Å². The molecule has 1 aromatic rings. The first kappa shape index (κ1) is 15.5. The van der Waals surface area contributed by atoms with Gasteiger partial charge < -0.3 is 18.9 Å². The predicted octanol–water partition coefficient (Wildman–Crippen LogP) is 2.43. The van der Waals surface area contributed by atoms with E-state index in [1.807, 2.05) is 44.2 Å². The van der Waals surface area contributed by atoms with E-state index in [1.54, 1.807) is 0 Å². The van der Waals surface area contributed by atoms with Crippen molar-refractivity contribution in [2.75, 3.05) is 13.2 Å². The van der Waals surface area contributed by atoms with Gasteiger partial charge in [0.15, 0.2) is 11.4 Å². The molecule has 2 aliphatic rings. The van der Waals surface area contributed by atoms with E-state index < -0.39 is 11.4 Å². The molecule has 5 heteroatoms. The number of hydrogen-bond donors (Lipinski definition) is 0. The van der Waals surface area contributed by atoms with Gasteiger partial charge >= 0.3 is 5.97 Å².